The molecule has 0 heterocycles. The van der Waals surface area contributed by atoms with E-state index in [0.717, 1.165) is 0 Å². The molecule has 0 amide bonds. The minimum Gasteiger partial charge on any atom is -0.383 e. The fourth-order valence-corrected chi connectivity index (χ4v) is 1.74. The predicted molar refractivity (Wildman–Crippen MR) is 76.9 cm³/mol. The van der Waals surface area contributed by atoms with Crippen molar-refractivity contribution in [2.45, 2.75) is 0 Å². The van der Waals surface area contributed by atoms with Crippen LogP contribution in [0.1, 0.15) is 0 Å². The molecule has 20 heavy (non-hydrogen) atoms. The molecule has 3 N–H and O–H groups in total. The SMILES string of the molecule is COCCN(CCOC)c1cc(NN)cc([N+](=O)[O-])c1. The van der Waals surface area contributed by atoms with Crippen LogP contribution in [0.25, 0.3) is 0 Å². The quantitative estimate of drug-likeness (QED) is 0.396. The molecule has 0 atom stereocenters. The zero-order valence-corrected chi connectivity index (χ0v) is 11.7. The predicted octanol–water partition coefficient (Wildman–Crippen LogP) is 0.980. The average molecular weight is 284 g/mol. The van der Waals surface area contributed by atoms with Gasteiger partial charge < -0.3 is 19.8 Å². The highest BCUT2D eigenvalue weighted by atomic mass is 16.6. The van der Waals surface area contributed by atoms with E-state index in [-0.39, 0.29) is 5.69 Å². The summed E-state index contributed by atoms with van der Waals surface area (Å²) in [5, 5.41) is 10.9. The monoisotopic (exact) mass is 284 g/mol. The van der Waals surface area contributed by atoms with E-state index in [1.807, 2.05) is 4.90 Å². The van der Waals surface area contributed by atoms with Crippen LogP contribution in [0.15, 0.2) is 18.2 Å². The summed E-state index contributed by atoms with van der Waals surface area (Å²) < 4.78 is 10.1. The Morgan fingerprint density at radius 3 is 2.30 bits per heavy atom. The van der Waals surface area contributed by atoms with Gasteiger partial charge in [0, 0.05) is 45.1 Å². The summed E-state index contributed by atoms with van der Waals surface area (Å²) in [4.78, 5) is 12.4. The van der Waals surface area contributed by atoms with Crippen molar-refractivity contribution in [1.82, 2.24) is 0 Å². The number of nitrogens with two attached hydrogens (primary N) is 1. The molecule has 0 aliphatic heterocycles. The van der Waals surface area contributed by atoms with Crippen LogP contribution < -0.4 is 16.2 Å². The van der Waals surface area contributed by atoms with Gasteiger partial charge >= 0.3 is 0 Å². The number of nitrogens with one attached hydrogen (secondary N) is 1. The summed E-state index contributed by atoms with van der Waals surface area (Å²) in [5.74, 6) is 5.35. The zero-order chi connectivity index (χ0) is 15.0. The number of hydrazine groups is 1. The number of hydrogen-bond donors (Lipinski definition) is 2. The van der Waals surface area contributed by atoms with E-state index in [4.69, 9.17) is 15.3 Å². The lowest BCUT2D eigenvalue weighted by atomic mass is 10.2. The van der Waals surface area contributed by atoms with Crippen LogP contribution >= 0.6 is 0 Å². The number of hydrogen-bond acceptors (Lipinski definition) is 7. The molecule has 0 aromatic heterocycles. The maximum Gasteiger partial charge on any atom is 0.273 e. The molecule has 0 saturated carbocycles. The van der Waals surface area contributed by atoms with Crippen molar-refractivity contribution < 1.29 is 14.4 Å². The van der Waals surface area contributed by atoms with Crippen LogP contribution in [0.4, 0.5) is 17.1 Å². The second-order valence-corrected chi connectivity index (χ2v) is 4.11. The van der Waals surface area contributed by atoms with Gasteiger partial charge in [-0.15, -0.1) is 0 Å². The number of nitro groups is 1. The van der Waals surface area contributed by atoms with E-state index in [1.54, 1.807) is 20.3 Å². The molecule has 0 fully saturated rings. The van der Waals surface area contributed by atoms with Crippen molar-refractivity contribution in [2.24, 2.45) is 5.84 Å². The van der Waals surface area contributed by atoms with Crippen molar-refractivity contribution in [3.63, 3.8) is 0 Å². The summed E-state index contributed by atoms with van der Waals surface area (Å²) in [6, 6.07) is 4.64. The molecule has 0 bridgehead atoms. The minimum atomic E-state index is -0.449. The molecule has 112 valence electrons. The van der Waals surface area contributed by atoms with Crippen molar-refractivity contribution in [3.05, 3.63) is 28.3 Å². The number of methoxy groups -OCH3 is 2. The van der Waals surface area contributed by atoms with Crippen molar-refractivity contribution in [1.29, 1.82) is 0 Å². The van der Waals surface area contributed by atoms with Crippen LogP contribution in [0, 0.1) is 10.1 Å². The van der Waals surface area contributed by atoms with Crippen molar-refractivity contribution in [3.8, 4) is 0 Å². The first-order valence-corrected chi connectivity index (χ1v) is 6.11. The number of benzene rings is 1. The van der Waals surface area contributed by atoms with Crippen LogP contribution in [0.2, 0.25) is 0 Å². The van der Waals surface area contributed by atoms with Crippen molar-refractivity contribution in [2.75, 3.05) is 50.8 Å². The Hall–Kier alpha value is -1.90. The highest BCUT2D eigenvalue weighted by molar-refractivity contribution is 5.64. The standard InChI is InChI=1S/C12H20N4O4/c1-19-5-3-15(4-6-20-2)11-7-10(14-13)8-12(9-11)16(17)18/h7-9,14H,3-6,13H2,1-2H3. The third kappa shape index (κ3) is 4.65. The highest BCUT2D eigenvalue weighted by Crippen LogP contribution is 2.26. The molecule has 1 aromatic carbocycles. The zero-order valence-electron chi connectivity index (χ0n) is 11.7. The normalized spacial score (nSPS) is 10.3. The van der Waals surface area contributed by atoms with E-state index in [1.165, 1.54) is 12.1 Å². The first kappa shape index (κ1) is 16.2. The number of nitrogen functional groups attached to an aromatic ring is 1. The van der Waals surface area contributed by atoms with Gasteiger partial charge in [-0.25, -0.2) is 0 Å². The molecule has 1 rings (SSSR count). The Labute approximate surface area is 117 Å². The number of ether oxygens (including phenoxy) is 2. The summed E-state index contributed by atoms with van der Waals surface area (Å²) in [7, 11) is 3.21. The third-order valence-corrected chi connectivity index (χ3v) is 2.78. The van der Waals surface area contributed by atoms with Crippen LogP contribution in [-0.4, -0.2) is 45.4 Å². The number of non-ortho nitro benzene ring substituents is 1. The van der Waals surface area contributed by atoms with Crippen molar-refractivity contribution >= 4 is 17.1 Å². The lowest BCUT2D eigenvalue weighted by Gasteiger charge is -2.24. The first-order chi connectivity index (χ1) is 9.62. The summed E-state index contributed by atoms with van der Waals surface area (Å²) in [6.07, 6.45) is 0. The molecule has 0 aliphatic rings. The second kappa shape index (κ2) is 8.31. The molecule has 0 unspecified atom stereocenters. The maximum absolute atomic E-state index is 10.9. The van der Waals surface area contributed by atoms with Crippen LogP contribution in [0.3, 0.4) is 0 Å². The maximum atomic E-state index is 10.9. The molecule has 0 spiro atoms. The summed E-state index contributed by atoms with van der Waals surface area (Å²) >= 11 is 0. The fraction of sp³-hybridized carbons (Fsp3) is 0.500. The molecule has 8 nitrogen and oxygen atoms in total. The Bertz CT molecular complexity index is 433. The van der Waals surface area contributed by atoms with Gasteiger partial charge in [-0.05, 0) is 6.07 Å². The number of nitrogens with zero attached hydrogens (tertiary/aromatic N) is 2. The van der Waals surface area contributed by atoms with Crippen LogP contribution in [-0.2, 0) is 9.47 Å². The number of anilines is 2. The lowest BCUT2D eigenvalue weighted by Crippen LogP contribution is -2.30. The third-order valence-electron chi connectivity index (χ3n) is 2.78. The van der Waals surface area contributed by atoms with E-state index in [9.17, 15) is 10.1 Å². The van der Waals surface area contributed by atoms with E-state index >= 15 is 0 Å². The van der Waals surface area contributed by atoms with E-state index in [2.05, 4.69) is 5.43 Å². The molecule has 0 saturated heterocycles. The fourth-order valence-electron chi connectivity index (χ4n) is 1.74. The topological polar surface area (TPSA) is 103 Å². The number of nitro benzene ring substituents is 1. The van der Waals surface area contributed by atoms with Gasteiger partial charge in [0.25, 0.3) is 5.69 Å². The van der Waals surface area contributed by atoms with Gasteiger partial charge in [0.15, 0.2) is 0 Å². The Balaban J connectivity index is 3.02. The Kier molecular flexibility index (Phi) is 6.71. The molecular formula is C12H20N4O4. The van der Waals surface area contributed by atoms with Gasteiger partial charge in [-0.1, -0.05) is 0 Å². The molecular weight excluding hydrogens is 264 g/mol. The molecule has 0 radical (unpaired) electrons. The minimum absolute atomic E-state index is 0.0183. The first-order valence-electron chi connectivity index (χ1n) is 6.11. The van der Waals surface area contributed by atoms with E-state index < -0.39 is 4.92 Å². The highest BCUT2D eigenvalue weighted by Gasteiger charge is 2.14. The average Bonchev–Trinajstić information content (AvgIpc) is 2.46. The molecule has 1 aromatic rings. The second-order valence-electron chi connectivity index (χ2n) is 4.11. The number of rotatable bonds is 9. The van der Waals surface area contributed by atoms with Gasteiger partial charge in [0.1, 0.15) is 0 Å². The van der Waals surface area contributed by atoms with Gasteiger partial charge in [-0.3, -0.25) is 16.0 Å². The van der Waals surface area contributed by atoms with Crippen LogP contribution in [0.5, 0.6) is 0 Å². The summed E-state index contributed by atoms with van der Waals surface area (Å²) in [5.41, 5.74) is 3.59. The van der Waals surface area contributed by atoms with Gasteiger partial charge in [-0.2, -0.15) is 0 Å². The van der Waals surface area contributed by atoms with Gasteiger partial charge in [0.2, 0.25) is 0 Å². The van der Waals surface area contributed by atoms with Gasteiger partial charge in [0.05, 0.1) is 23.8 Å². The molecule has 0 aliphatic carbocycles. The Morgan fingerprint density at radius 2 is 1.85 bits per heavy atom. The molecule has 8 heteroatoms. The summed E-state index contributed by atoms with van der Waals surface area (Å²) in [6.45, 7) is 2.23. The van der Waals surface area contributed by atoms with E-state index in [0.29, 0.717) is 37.7 Å². The Morgan fingerprint density at radius 1 is 1.25 bits per heavy atom. The lowest BCUT2D eigenvalue weighted by molar-refractivity contribution is -0.384. The largest absolute Gasteiger partial charge is 0.383 e. The smallest absolute Gasteiger partial charge is 0.273 e.